The van der Waals surface area contributed by atoms with Gasteiger partial charge in [0.25, 0.3) is 0 Å². The van der Waals surface area contributed by atoms with E-state index in [0.29, 0.717) is 16.0 Å². The van der Waals surface area contributed by atoms with Crippen molar-refractivity contribution in [1.82, 2.24) is 0 Å². The van der Waals surface area contributed by atoms with Crippen LogP contribution < -0.4 is 0 Å². The Morgan fingerprint density at radius 3 is 2.64 bits per heavy atom. The summed E-state index contributed by atoms with van der Waals surface area (Å²) in [6, 6.07) is 5.89. The standard InChI is InChI=1S/C15H13BrO6/c1-8-11(14(18)20-2)6-10(22-8)7-21-15(19)12-5-9(16)3-4-13(12)17/h3-6,17H,7H2,1-2H3. The summed E-state index contributed by atoms with van der Waals surface area (Å²) in [6.07, 6.45) is 0. The van der Waals surface area contributed by atoms with E-state index in [0.717, 1.165) is 0 Å². The number of phenols is 1. The molecule has 1 heterocycles. The lowest BCUT2D eigenvalue weighted by Crippen LogP contribution is -2.05. The molecule has 0 amide bonds. The largest absolute Gasteiger partial charge is 0.507 e. The summed E-state index contributed by atoms with van der Waals surface area (Å²) in [7, 11) is 1.27. The van der Waals surface area contributed by atoms with Crippen LogP contribution in [0.3, 0.4) is 0 Å². The first-order chi connectivity index (χ1) is 10.4. The molecule has 0 fully saturated rings. The number of aromatic hydroxyl groups is 1. The Bertz CT molecular complexity index is 719. The van der Waals surface area contributed by atoms with Gasteiger partial charge in [-0.1, -0.05) is 15.9 Å². The normalized spacial score (nSPS) is 10.3. The Morgan fingerprint density at radius 1 is 1.23 bits per heavy atom. The van der Waals surface area contributed by atoms with Gasteiger partial charge in [0, 0.05) is 4.47 Å². The van der Waals surface area contributed by atoms with Crippen LogP contribution in [-0.2, 0) is 16.1 Å². The summed E-state index contributed by atoms with van der Waals surface area (Å²) in [6.45, 7) is 1.44. The number of hydrogen-bond donors (Lipinski definition) is 1. The molecule has 2 rings (SSSR count). The maximum Gasteiger partial charge on any atom is 0.342 e. The molecule has 0 aliphatic carbocycles. The van der Waals surface area contributed by atoms with E-state index in [1.807, 2.05) is 0 Å². The molecule has 0 saturated heterocycles. The van der Waals surface area contributed by atoms with Crippen molar-refractivity contribution in [3.05, 3.63) is 51.4 Å². The Balaban J connectivity index is 2.08. The highest BCUT2D eigenvalue weighted by atomic mass is 79.9. The number of carbonyl (C=O) groups excluding carboxylic acids is 2. The van der Waals surface area contributed by atoms with Crippen LogP contribution in [0.25, 0.3) is 0 Å². The van der Waals surface area contributed by atoms with E-state index in [9.17, 15) is 14.7 Å². The fourth-order valence-corrected chi connectivity index (χ4v) is 2.17. The van der Waals surface area contributed by atoms with Crippen LogP contribution >= 0.6 is 15.9 Å². The first-order valence-corrected chi connectivity index (χ1v) is 7.05. The molecule has 7 heteroatoms. The lowest BCUT2D eigenvalue weighted by molar-refractivity contribution is 0.0440. The zero-order chi connectivity index (χ0) is 16.3. The van der Waals surface area contributed by atoms with Gasteiger partial charge in [0.15, 0.2) is 0 Å². The summed E-state index contributed by atoms with van der Waals surface area (Å²) in [5.74, 6) is -0.723. The summed E-state index contributed by atoms with van der Waals surface area (Å²) in [5.41, 5.74) is 0.310. The average Bonchev–Trinajstić information content (AvgIpc) is 2.87. The number of esters is 2. The number of rotatable bonds is 4. The van der Waals surface area contributed by atoms with Crippen LogP contribution in [0.2, 0.25) is 0 Å². The van der Waals surface area contributed by atoms with Crippen LogP contribution in [-0.4, -0.2) is 24.2 Å². The molecule has 1 aromatic heterocycles. The van der Waals surface area contributed by atoms with E-state index in [1.54, 1.807) is 13.0 Å². The monoisotopic (exact) mass is 368 g/mol. The van der Waals surface area contributed by atoms with Gasteiger partial charge in [-0.05, 0) is 31.2 Å². The third-order valence-electron chi connectivity index (χ3n) is 2.90. The molecule has 0 aliphatic rings. The average molecular weight is 369 g/mol. The lowest BCUT2D eigenvalue weighted by atomic mass is 10.2. The van der Waals surface area contributed by atoms with Crippen LogP contribution in [0.5, 0.6) is 5.75 Å². The van der Waals surface area contributed by atoms with Crippen molar-refractivity contribution in [2.45, 2.75) is 13.5 Å². The molecule has 0 bridgehead atoms. The van der Waals surface area contributed by atoms with E-state index in [-0.39, 0.29) is 23.5 Å². The van der Waals surface area contributed by atoms with Gasteiger partial charge >= 0.3 is 11.9 Å². The predicted molar refractivity (Wildman–Crippen MR) is 79.7 cm³/mol. The Labute approximate surface area is 134 Å². The quantitative estimate of drug-likeness (QED) is 0.833. The number of halogens is 1. The molecule has 0 saturated carbocycles. The molecule has 0 spiro atoms. The topological polar surface area (TPSA) is 86.0 Å². The van der Waals surface area contributed by atoms with Crippen molar-refractivity contribution in [3.63, 3.8) is 0 Å². The fraction of sp³-hybridized carbons (Fsp3) is 0.200. The highest BCUT2D eigenvalue weighted by molar-refractivity contribution is 9.10. The van der Waals surface area contributed by atoms with Crippen LogP contribution in [0.15, 0.2) is 33.2 Å². The second-order valence-electron chi connectivity index (χ2n) is 4.41. The molecule has 0 radical (unpaired) electrons. The number of phenolic OH excluding ortho intramolecular Hbond substituents is 1. The number of methoxy groups -OCH3 is 1. The van der Waals surface area contributed by atoms with Gasteiger partial charge < -0.3 is 19.0 Å². The van der Waals surface area contributed by atoms with E-state index in [4.69, 9.17) is 9.15 Å². The van der Waals surface area contributed by atoms with Crippen molar-refractivity contribution in [1.29, 1.82) is 0 Å². The van der Waals surface area contributed by atoms with Crippen LogP contribution in [0.4, 0.5) is 0 Å². The third kappa shape index (κ3) is 3.48. The van der Waals surface area contributed by atoms with E-state index < -0.39 is 11.9 Å². The zero-order valence-electron chi connectivity index (χ0n) is 11.9. The maximum atomic E-state index is 11.9. The van der Waals surface area contributed by atoms with Crippen LogP contribution in [0, 0.1) is 6.92 Å². The highest BCUT2D eigenvalue weighted by Gasteiger charge is 2.18. The fourth-order valence-electron chi connectivity index (χ4n) is 1.81. The number of benzene rings is 1. The molecule has 22 heavy (non-hydrogen) atoms. The molecule has 0 aliphatic heterocycles. The molecule has 0 atom stereocenters. The van der Waals surface area contributed by atoms with Crippen molar-refractivity contribution in [3.8, 4) is 5.75 Å². The van der Waals surface area contributed by atoms with Crippen LogP contribution in [0.1, 0.15) is 32.2 Å². The minimum absolute atomic E-state index is 0.0332. The van der Waals surface area contributed by atoms with Crippen molar-refractivity contribution >= 4 is 27.9 Å². The molecular formula is C15H13BrO6. The Hall–Kier alpha value is -2.28. The lowest BCUT2D eigenvalue weighted by Gasteiger charge is -2.05. The van der Waals surface area contributed by atoms with Gasteiger partial charge in [0.05, 0.1) is 7.11 Å². The van der Waals surface area contributed by atoms with Gasteiger partial charge in [0.2, 0.25) is 0 Å². The van der Waals surface area contributed by atoms with Gasteiger partial charge in [-0.2, -0.15) is 0 Å². The second-order valence-corrected chi connectivity index (χ2v) is 5.33. The smallest absolute Gasteiger partial charge is 0.342 e. The van der Waals surface area contributed by atoms with Gasteiger partial charge in [-0.25, -0.2) is 9.59 Å². The third-order valence-corrected chi connectivity index (χ3v) is 3.39. The summed E-state index contributed by atoms with van der Waals surface area (Å²) >= 11 is 3.21. The Morgan fingerprint density at radius 2 is 1.95 bits per heavy atom. The number of carbonyl (C=O) groups is 2. The van der Waals surface area contributed by atoms with E-state index in [1.165, 1.54) is 25.3 Å². The maximum absolute atomic E-state index is 11.9. The minimum Gasteiger partial charge on any atom is -0.507 e. The SMILES string of the molecule is COC(=O)c1cc(COC(=O)c2cc(Br)ccc2O)oc1C. The molecule has 2 aromatic rings. The molecule has 1 N–H and O–H groups in total. The highest BCUT2D eigenvalue weighted by Crippen LogP contribution is 2.23. The van der Waals surface area contributed by atoms with E-state index >= 15 is 0 Å². The first-order valence-electron chi connectivity index (χ1n) is 6.25. The second kappa shape index (κ2) is 6.65. The summed E-state index contributed by atoms with van der Waals surface area (Å²) in [4.78, 5) is 23.4. The summed E-state index contributed by atoms with van der Waals surface area (Å²) < 4.78 is 15.6. The zero-order valence-corrected chi connectivity index (χ0v) is 13.5. The van der Waals surface area contributed by atoms with Gasteiger partial charge in [0.1, 0.15) is 35.0 Å². The Kier molecular flexibility index (Phi) is 4.87. The van der Waals surface area contributed by atoms with Crippen molar-refractivity contribution < 1.29 is 28.6 Å². The molecule has 1 aromatic carbocycles. The van der Waals surface area contributed by atoms with Crippen molar-refractivity contribution in [2.24, 2.45) is 0 Å². The molecular weight excluding hydrogens is 356 g/mol. The van der Waals surface area contributed by atoms with Gasteiger partial charge in [-0.15, -0.1) is 0 Å². The van der Waals surface area contributed by atoms with Crippen molar-refractivity contribution in [2.75, 3.05) is 7.11 Å². The molecule has 6 nitrogen and oxygen atoms in total. The minimum atomic E-state index is -0.701. The molecule has 0 unspecified atom stereocenters. The first kappa shape index (κ1) is 16.1. The number of aryl methyl sites for hydroxylation is 1. The molecule has 116 valence electrons. The number of ether oxygens (including phenoxy) is 2. The van der Waals surface area contributed by atoms with E-state index in [2.05, 4.69) is 20.7 Å². The number of hydrogen-bond acceptors (Lipinski definition) is 6. The predicted octanol–water partition coefficient (Wildman–Crippen LogP) is 3.20. The number of furan rings is 1. The van der Waals surface area contributed by atoms with Gasteiger partial charge in [-0.3, -0.25) is 0 Å². The summed E-state index contributed by atoms with van der Waals surface area (Å²) in [5, 5.41) is 9.65.